The van der Waals surface area contributed by atoms with E-state index in [1.807, 2.05) is 0 Å². The molecule has 0 radical (unpaired) electrons. The fraction of sp³-hybridized carbons (Fsp3) is 0.500. The van der Waals surface area contributed by atoms with Crippen LogP contribution in [0, 0.1) is 11.3 Å². The first-order valence-corrected chi connectivity index (χ1v) is 5.54. The molecule has 0 saturated carbocycles. The molecule has 0 unspecified atom stereocenters. The first kappa shape index (κ1) is 11.9. The molecule has 3 nitrogen and oxygen atoms in total. The molecule has 0 aliphatic carbocycles. The molecule has 0 amide bonds. The van der Waals surface area contributed by atoms with Crippen molar-refractivity contribution in [2.45, 2.75) is 24.7 Å². The van der Waals surface area contributed by atoms with E-state index in [1.165, 1.54) is 18.3 Å². The maximum Gasteiger partial charge on any atom is 0.263 e. The molecule has 17 heavy (non-hydrogen) atoms. The number of nitrogens with one attached hydrogen (secondary N) is 1. The standard InChI is InChI=1S/C12H13F2N3/c13-11(14)9-1-4-17-10(7-9)12(8-15)2-5-16-6-3-12/h1,4,7,11,16H,2-3,5-6H2. The van der Waals surface area contributed by atoms with Crippen molar-refractivity contribution in [3.8, 4) is 6.07 Å². The summed E-state index contributed by atoms with van der Waals surface area (Å²) in [6, 6.07) is 4.90. The van der Waals surface area contributed by atoms with Gasteiger partial charge in [0.05, 0.1) is 11.8 Å². The van der Waals surface area contributed by atoms with Gasteiger partial charge in [-0.3, -0.25) is 4.98 Å². The zero-order chi connectivity index (χ0) is 12.3. The van der Waals surface area contributed by atoms with Gasteiger partial charge >= 0.3 is 0 Å². The van der Waals surface area contributed by atoms with Crippen LogP contribution in [-0.2, 0) is 5.41 Å². The highest BCUT2D eigenvalue weighted by Crippen LogP contribution is 2.33. The molecule has 1 aliphatic heterocycles. The SMILES string of the molecule is N#CC1(c2cc(C(F)F)ccn2)CCNCC1. The van der Waals surface area contributed by atoms with Gasteiger partial charge in [0, 0.05) is 11.8 Å². The maximum absolute atomic E-state index is 12.6. The van der Waals surface area contributed by atoms with E-state index in [0.29, 0.717) is 31.6 Å². The summed E-state index contributed by atoms with van der Waals surface area (Å²) in [5, 5.41) is 12.5. The molecule has 2 rings (SSSR count). The van der Waals surface area contributed by atoms with Gasteiger partial charge in [-0.15, -0.1) is 0 Å². The number of hydrogen-bond acceptors (Lipinski definition) is 3. The number of alkyl halides is 2. The minimum Gasteiger partial charge on any atom is -0.317 e. The summed E-state index contributed by atoms with van der Waals surface area (Å²) in [7, 11) is 0. The van der Waals surface area contributed by atoms with Crippen molar-refractivity contribution in [2.24, 2.45) is 0 Å². The van der Waals surface area contributed by atoms with Crippen LogP contribution in [-0.4, -0.2) is 18.1 Å². The summed E-state index contributed by atoms with van der Waals surface area (Å²) in [5.74, 6) is 0. The summed E-state index contributed by atoms with van der Waals surface area (Å²) in [6.45, 7) is 1.43. The lowest BCUT2D eigenvalue weighted by atomic mass is 9.77. The van der Waals surface area contributed by atoms with Gasteiger partial charge in [-0.25, -0.2) is 8.78 Å². The van der Waals surface area contributed by atoms with Gasteiger partial charge in [-0.05, 0) is 38.1 Å². The normalized spacial score (nSPS) is 18.9. The fourth-order valence-electron chi connectivity index (χ4n) is 2.12. The Labute approximate surface area is 98.5 Å². The minimum absolute atomic E-state index is 0.0665. The molecule has 1 N–H and O–H groups in total. The number of halogens is 2. The van der Waals surface area contributed by atoms with Gasteiger partial charge < -0.3 is 5.32 Å². The Morgan fingerprint density at radius 2 is 2.12 bits per heavy atom. The van der Waals surface area contributed by atoms with Crippen LogP contribution in [0.25, 0.3) is 0 Å². The first-order valence-electron chi connectivity index (χ1n) is 5.54. The van der Waals surface area contributed by atoms with Gasteiger partial charge in [0.2, 0.25) is 0 Å². The van der Waals surface area contributed by atoms with Crippen molar-refractivity contribution in [3.63, 3.8) is 0 Å². The molecule has 2 heterocycles. The first-order chi connectivity index (χ1) is 8.18. The maximum atomic E-state index is 12.6. The fourth-order valence-corrected chi connectivity index (χ4v) is 2.12. The summed E-state index contributed by atoms with van der Waals surface area (Å²) >= 11 is 0. The van der Waals surface area contributed by atoms with E-state index in [4.69, 9.17) is 0 Å². The van der Waals surface area contributed by atoms with E-state index in [1.54, 1.807) is 0 Å². The van der Waals surface area contributed by atoms with Crippen LogP contribution < -0.4 is 5.32 Å². The van der Waals surface area contributed by atoms with Gasteiger partial charge in [-0.1, -0.05) is 0 Å². The van der Waals surface area contributed by atoms with Gasteiger partial charge in [0.1, 0.15) is 5.41 Å². The Balaban J connectivity index is 2.37. The third kappa shape index (κ3) is 2.27. The van der Waals surface area contributed by atoms with Crippen LogP contribution in [0.3, 0.4) is 0 Å². The third-order valence-electron chi connectivity index (χ3n) is 3.20. The second kappa shape index (κ2) is 4.76. The number of piperidine rings is 1. The molecule has 5 heteroatoms. The number of aromatic nitrogens is 1. The Hall–Kier alpha value is -1.54. The second-order valence-electron chi connectivity index (χ2n) is 4.22. The quantitative estimate of drug-likeness (QED) is 0.857. The minimum atomic E-state index is -2.52. The molecule has 0 bridgehead atoms. The average molecular weight is 237 g/mol. The molecular formula is C12H13F2N3. The van der Waals surface area contributed by atoms with Gasteiger partial charge in [0.15, 0.2) is 0 Å². The molecule has 0 spiro atoms. The smallest absolute Gasteiger partial charge is 0.263 e. The predicted molar refractivity (Wildman–Crippen MR) is 58.6 cm³/mol. The molecule has 0 aromatic carbocycles. The highest BCUT2D eigenvalue weighted by Gasteiger charge is 2.35. The van der Waals surface area contributed by atoms with Crippen molar-refractivity contribution in [2.75, 3.05) is 13.1 Å². The van der Waals surface area contributed by atoms with Gasteiger partial charge in [-0.2, -0.15) is 5.26 Å². The largest absolute Gasteiger partial charge is 0.317 e. The molecule has 1 aromatic heterocycles. The van der Waals surface area contributed by atoms with Crippen LogP contribution in [0.2, 0.25) is 0 Å². The number of pyridine rings is 1. The van der Waals surface area contributed by atoms with E-state index < -0.39 is 11.8 Å². The molecule has 90 valence electrons. The topological polar surface area (TPSA) is 48.7 Å². The Kier molecular flexibility index (Phi) is 3.34. The van der Waals surface area contributed by atoms with Crippen molar-refractivity contribution in [3.05, 3.63) is 29.6 Å². The van der Waals surface area contributed by atoms with E-state index in [0.717, 1.165) is 0 Å². The highest BCUT2D eigenvalue weighted by molar-refractivity contribution is 5.31. The lowest BCUT2D eigenvalue weighted by molar-refractivity contribution is 0.151. The van der Waals surface area contributed by atoms with Crippen LogP contribution in [0.15, 0.2) is 18.3 Å². The second-order valence-corrected chi connectivity index (χ2v) is 4.22. The average Bonchev–Trinajstić information content (AvgIpc) is 2.39. The van der Waals surface area contributed by atoms with E-state index in [9.17, 15) is 14.0 Å². The van der Waals surface area contributed by atoms with E-state index in [2.05, 4.69) is 16.4 Å². The van der Waals surface area contributed by atoms with Crippen molar-refractivity contribution < 1.29 is 8.78 Å². The molecule has 1 saturated heterocycles. The number of nitrogens with zero attached hydrogens (tertiary/aromatic N) is 2. The lowest BCUT2D eigenvalue weighted by Gasteiger charge is -2.30. The molecule has 1 aromatic rings. The molecule has 0 atom stereocenters. The zero-order valence-corrected chi connectivity index (χ0v) is 9.29. The van der Waals surface area contributed by atoms with Crippen LogP contribution in [0.4, 0.5) is 8.78 Å². The van der Waals surface area contributed by atoms with Crippen molar-refractivity contribution >= 4 is 0 Å². The number of rotatable bonds is 2. The summed E-state index contributed by atoms with van der Waals surface area (Å²) in [6.07, 6.45) is 0.0684. The van der Waals surface area contributed by atoms with Crippen LogP contribution >= 0.6 is 0 Å². The van der Waals surface area contributed by atoms with Crippen molar-refractivity contribution in [1.29, 1.82) is 5.26 Å². The summed E-state index contributed by atoms with van der Waals surface area (Å²) in [4.78, 5) is 4.10. The van der Waals surface area contributed by atoms with E-state index in [-0.39, 0.29) is 5.56 Å². The predicted octanol–water partition coefficient (Wildman–Crippen LogP) is 2.16. The van der Waals surface area contributed by atoms with E-state index >= 15 is 0 Å². The molecular weight excluding hydrogens is 224 g/mol. The number of hydrogen-bond donors (Lipinski definition) is 1. The van der Waals surface area contributed by atoms with Gasteiger partial charge in [0.25, 0.3) is 6.43 Å². The van der Waals surface area contributed by atoms with Crippen LogP contribution in [0.1, 0.15) is 30.5 Å². The van der Waals surface area contributed by atoms with Crippen molar-refractivity contribution in [1.82, 2.24) is 10.3 Å². The highest BCUT2D eigenvalue weighted by atomic mass is 19.3. The summed E-state index contributed by atoms with van der Waals surface area (Å²) in [5.41, 5.74) is -0.307. The number of nitriles is 1. The lowest BCUT2D eigenvalue weighted by Crippen LogP contribution is -2.39. The molecule has 1 fully saturated rings. The monoisotopic (exact) mass is 237 g/mol. The van der Waals surface area contributed by atoms with Crippen LogP contribution in [0.5, 0.6) is 0 Å². The Morgan fingerprint density at radius 3 is 2.71 bits per heavy atom. The Bertz CT molecular complexity index is 434. The third-order valence-corrected chi connectivity index (χ3v) is 3.20. The Morgan fingerprint density at radius 1 is 1.41 bits per heavy atom. The zero-order valence-electron chi connectivity index (χ0n) is 9.29. The summed E-state index contributed by atoms with van der Waals surface area (Å²) < 4.78 is 25.2. The molecule has 1 aliphatic rings.